The van der Waals surface area contributed by atoms with Crippen molar-refractivity contribution in [3.63, 3.8) is 0 Å². The van der Waals surface area contributed by atoms with Gasteiger partial charge in [-0.3, -0.25) is 14.6 Å². The molecule has 1 heterocycles. The highest BCUT2D eigenvalue weighted by Crippen LogP contribution is 2.18. The van der Waals surface area contributed by atoms with Gasteiger partial charge in [0, 0.05) is 28.5 Å². The fourth-order valence-corrected chi connectivity index (χ4v) is 3.34. The summed E-state index contributed by atoms with van der Waals surface area (Å²) in [6.07, 6.45) is 8.21. The third kappa shape index (κ3) is 5.05. The van der Waals surface area contributed by atoms with Gasteiger partial charge in [-0.2, -0.15) is 0 Å². The zero-order chi connectivity index (χ0) is 18.4. The molecule has 0 unspecified atom stereocenters. The van der Waals surface area contributed by atoms with Gasteiger partial charge in [-0.25, -0.2) is 0 Å². The van der Waals surface area contributed by atoms with Gasteiger partial charge in [-0.05, 0) is 43.2 Å². The van der Waals surface area contributed by atoms with E-state index in [0.717, 1.165) is 25.7 Å². The van der Waals surface area contributed by atoms with Crippen LogP contribution in [0.5, 0.6) is 0 Å². The molecule has 1 aliphatic carbocycles. The van der Waals surface area contributed by atoms with Gasteiger partial charge in [0.25, 0.3) is 11.8 Å². The Morgan fingerprint density at radius 3 is 2.50 bits per heavy atom. The Balaban J connectivity index is 1.66. The van der Waals surface area contributed by atoms with Crippen molar-refractivity contribution in [2.45, 2.75) is 44.6 Å². The van der Waals surface area contributed by atoms with Crippen molar-refractivity contribution in [2.75, 3.05) is 5.32 Å². The Kier molecular flexibility index (Phi) is 6.23. The Morgan fingerprint density at radius 2 is 1.77 bits per heavy atom. The second kappa shape index (κ2) is 8.81. The van der Waals surface area contributed by atoms with Crippen molar-refractivity contribution in [1.82, 2.24) is 10.3 Å². The predicted octanol–water partition coefficient (Wildman–Crippen LogP) is 4.44. The van der Waals surface area contributed by atoms with Gasteiger partial charge < -0.3 is 10.6 Å². The van der Waals surface area contributed by atoms with E-state index < -0.39 is 0 Å². The van der Waals surface area contributed by atoms with Crippen LogP contribution in [0.15, 0.2) is 42.6 Å². The van der Waals surface area contributed by atoms with E-state index in [1.807, 2.05) is 0 Å². The molecule has 1 saturated carbocycles. The molecule has 1 aromatic heterocycles. The van der Waals surface area contributed by atoms with Crippen molar-refractivity contribution in [2.24, 2.45) is 0 Å². The molecular weight excluding hydrogens is 350 g/mol. The van der Waals surface area contributed by atoms with Crippen LogP contribution in [0.3, 0.4) is 0 Å². The molecule has 26 heavy (non-hydrogen) atoms. The smallest absolute Gasteiger partial charge is 0.270 e. The first kappa shape index (κ1) is 18.4. The molecule has 0 radical (unpaired) electrons. The number of amides is 2. The van der Waals surface area contributed by atoms with Gasteiger partial charge in [0.05, 0.1) is 0 Å². The minimum atomic E-state index is -0.307. The summed E-state index contributed by atoms with van der Waals surface area (Å²) in [5.41, 5.74) is 1.24. The van der Waals surface area contributed by atoms with E-state index in [4.69, 9.17) is 11.6 Å². The molecule has 1 fully saturated rings. The highest BCUT2D eigenvalue weighted by atomic mass is 35.5. The lowest BCUT2D eigenvalue weighted by Gasteiger charge is -2.16. The summed E-state index contributed by atoms with van der Waals surface area (Å²) in [5, 5.41) is 6.36. The maximum atomic E-state index is 12.5. The Labute approximate surface area is 158 Å². The first-order valence-electron chi connectivity index (χ1n) is 8.95. The summed E-state index contributed by atoms with van der Waals surface area (Å²) in [6.45, 7) is 0. The number of halogens is 1. The van der Waals surface area contributed by atoms with E-state index in [2.05, 4.69) is 15.6 Å². The van der Waals surface area contributed by atoms with Crippen LogP contribution in [-0.4, -0.2) is 22.8 Å². The fraction of sp³-hybridized carbons (Fsp3) is 0.350. The SMILES string of the molecule is O=C(Nc1cccc(Cl)c1)c1ccnc(C(=O)NC2CCCCCC2)c1. The van der Waals surface area contributed by atoms with Crippen molar-refractivity contribution < 1.29 is 9.59 Å². The van der Waals surface area contributed by atoms with Gasteiger partial charge >= 0.3 is 0 Å². The first-order chi connectivity index (χ1) is 12.6. The van der Waals surface area contributed by atoms with E-state index >= 15 is 0 Å². The third-order valence-electron chi connectivity index (χ3n) is 4.53. The standard InChI is InChI=1S/C20H22ClN3O2/c21-15-6-5-9-17(13-15)24-19(25)14-10-11-22-18(12-14)20(26)23-16-7-3-1-2-4-8-16/h5-6,9-13,16H,1-4,7-8H2,(H,23,26)(H,24,25). The molecule has 6 heteroatoms. The molecule has 2 N–H and O–H groups in total. The van der Waals surface area contributed by atoms with Crippen LogP contribution in [0.1, 0.15) is 59.4 Å². The molecule has 5 nitrogen and oxygen atoms in total. The number of anilines is 1. The molecular formula is C20H22ClN3O2. The molecule has 1 aromatic carbocycles. The van der Waals surface area contributed by atoms with Crippen LogP contribution in [-0.2, 0) is 0 Å². The van der Waals surface area contributed by atoms with Crippen LogP contribution in [0.4, 0.5) is 5.69 Å². The number of hydrogen-bond donors (Lipinski definition) is 2. The zero-order valence-corrected chi connectivity index (χ0v) is 15.3. The summed E-state index contributed by atoms with van der Waals surface area (Å²) in [6, 6.07) is 10.2. The lowest BCUT2D eigenvalue weighted by molar-refractivity contribution is 0.0928. The Hall–Kier alpha value is -2.40. The number of hydrogen-bond acceptors (Lipinski definition) is 3. The van der Waals surface area contributed by atoms with Gasteiger partial charge in [-0.1, -0.05) is 43.4 Å². The summed E-state index contributed by atoms with van der Waals surface area (Å²) in [7, 11) is 0. The summed E-state index contributed by atoms with van der Waals surface area (Å²) in [5.74, 6) is -0.535. The molecule has 0 aliphatic heterocycles. The lowest BCUT2D eigenvalue weighted by Crippen LogP contribution is -2.35. The average molecular weight is 372 g/mol. The van der Waals surface area contributed by atoms with Crippen LogP contribution in [0, 0.1) is 0 Å². The maximum Gasteiger partial charge on any atom is 0.270 e. The second-order valence-corrected chi connectivity index (χ2v) is 6.99. The minimum Gasteiger partial charge on any atom is -0.348 e. The average Bonchev–Trinajstić information content (AvgIpc) is 2.90. The molecule has 136 valence electrons. The van der Waals surface area contributed by atoms with Gasteiger partial charge in [0.2, 0.25) is 0 Å². The van der Waals surface area contributed by atoms with Gasteiger partial charge in [0.15, 0.2) is 0 Å². The monoisotopic (exact) mass is 371 g/mol. The number of rotatable bonds is 4. The molecule has 2 amide bonds. The van der Waals surface area contributed by atoms with Crippen LogP contribution in [0.2, 0.25) is 5.02 Å². The fourth-order valence-electron chi connectivity index (χ4n) is 3.15. The van der Waals surface area contributed by atoms with Crippen LogP contribution >= 0.6 is 11.6 Å². The Morgan fingerprint density at radius 1 is 1.00 bits per heavy atom. The maximum absolute atomic E-state index is 12.5. The van der Waals surface area contributed by atoms with E-state index in [-0.39, 0.29) is 23.6 Å². The van der Waals surface area contributed by atoms with Crippen LogP contribution in [0.25, 0.3) is 0 Å². The minimum absolute atomic E-state index is 0.191. The number of carbonyl (C=O) groups is 2. The predicted molar refractivity (Wildman–Crippen MR) is 103 cm³/mol. The molecule has 0 spiro atoms. The number of carbonyl (C=O) groups excluding carboxylic acids is 2. The van der Waals surface area contributed by atoms with Crippen molar-refractivity contribution in [3.05, 3.63) is 58.9 Å². The number of benzene rings is 1. The largest absolute Gasteiger partial charge is 0.348 e. The third-order valence-corrected chi connectivity index (χ3v) is 4.76. The molecule has 0 atom stereocenters. The van der Waals surface area contributed by atoms with Gasteiger partial charge in [0.1, 0.15) is 5.69 Å². The number of nitrogens with one attached hydrogen (secondary N) is 2. The lowest BCUT2D eigenvalue weighted by atomic mass is 10.1. The molecule has 2 aromatic rings. The van der Waals surface area contributed by atoms with Crippen LogP contribution < -0.4 is 10.6 Å². The van der Waals surface area contributed by atoms with E-state index in [0.29, 0.717) is 16.3 Å². The second-order valence-electron chi connectivity index (χ2n) is 6.56. The highest BCUT2D eigenvalue weighted by molar-refractivity contribution is 6.31. The first-order valence-corrected chi connectivity index (χ1v) is 9.33. The zero-order valence-electron chi connectivity index (χ0n) is 14.5. The Bertz CT molecular complexity index is 786. The molecule has 3 rings (SSSR count). The van der Waals surface area contributed by atoms with E-state index in [9.17, 15) is 9.59 Å². The normalized spacial score (nSPS) is 15.1. The number of aromatic nitrogens is 1. The summed E-state index contributed by atoms with van der Waals surface area (Å²) >= 11 is 5.93. The summed E-state index contributed by atoms with van der Waals surface area (Å²) in [4.78, 5) is 29.0. The molecule has 0 saturated heterocycles. The number of pyridine rings is 1. The molecule has 0 bridgehead atoms. The highest BCUT2D eigenvalue weighted by Gasteiger charge is 2.17. The number of nitrogens with zero attached hydrogens (tertiary/aromatic N) is 1. The van der Waals surface area contributed by atoms with E-state index in [1.54, 1.807) is 30.3 Å². The molecule has 1 aliphatic rings. The van der Waals surface area contributed by atoms with E-state index in [1.165, 1.54) is 25.1 Å². The quantitative estimate of drug-likeness (QED) is 0.780. The van der Waals surface area contributed by atoms with Crippen molar-refractivity contribution >= 4 is 29.1 Å². The van der Waals surface area contributed by atoms with Gasteiger partial charge in [-0.15, -0.1) is 0 Å². The van der Waals surface area contributed by atoms with Crippen molar-refractivity contribution in [3.8, 4) is 0 Å². The van der Waals surface area contributed by atoms with Crippen molar-refractivity contribution in [1.29, 1.82) is 0 Å². The summed E-state index contributed by atoms with van der Waals surface area (Å²) < 4.78 is 0. The topological polar surface area (TPSA) is 71.1 Å².